The maximum absolute atomic E-state index is 12.6. The van der Waals surface area contributed by atoms with Crippen LogP contribution in [0.15, 0.2) is 42.9 Å². The van der Waals surface area contributed by atoms with Gasteiger partial charge in [-0.1, -0.05) is 18.2 Å². The lowest BCUT2D eigenvalue weighted by Crippen LogP contribution is -2.34. The number of hydrogen-bond acceptors (Lipinski definition) is 5. The van der Waals surface area contributed by atoms with E-state index in [1.54, 1.807) is 0 Å². The molecule has 3 aromatic rings. The van der Waals surface area contributed by atoms with Gasteiger partial charge in [0, 0.05) is 68.8 Å². The molecule has 0 aliphatic carbocycles. The molecule has 0 spiro atoms. The summed E-state index contributed by atoms with van der Waals surface area (Å²) in [5.41, 5.74) is 3.47. The summed E-state index contributed by atoms with van der Waals surface area (Å²) >= 11 is 0. The van der Waals surface area contributed by atoms with E-state index in [0.29, 0.717) is 12.5 Å². The molecule has 29 heavy (non-hydrogen) atoms. The lowest BCUT2D eigenvalue weighted by atomic mass is 10.1. The predicted octanol–water partition coefficient (Wildman–Crippen LogP) is 2.20. The van der Waals surface area contributed by atoms with Crippen LogP contribution < -0.4 is 10.2 Å². The number of amides is 1. The van der Waals surface area contributed by atoms with Gasteiger partial charge in [-0.25, -0.2) is 9.97 Å². The minimum absolute atomic E-state index is 0.0555. The van der Waals surface area contributed by atoms with Gasteiger partial charge in [0.2, 0.25) is 11.9 Å². The summed E-state index contributed by atoms with van der Waals surface area (Å²) in [5.74, 6) is 0.925. The smallest absolute Gasteiger partial charge is 0.224 e. The third-order valence-corrected chi connectivity index (χ3v) is 5.51. The molecule has 1 fully saturated rings. The van der Waals surface area contributed by atoms with E-state index in [0.717, 1.165) is 43.6 Å². The normalized spacial score (nSPS) is 17.0. The van der Waals surface area contributed by atoms with Crippen LogP contribution in [0.5, 0.6) is 0 Å². The van der Waals surface area contributed by atoms with Gasteiger partial charge in [-0.2, -0.15) is 0 Å². The highest BCUT2D eigenvalue weighted by molar-refractivity contribution is 5.83. The van der Waals surface area contributed by atoms with Crippen LogP contribution in [0.2, 0.25) is 0 Å². The minimum atomic E-state index is 0.0555. The Morgan fingerprint density at radius 3 is 2.86 bits per heavy atom. The zero-order chi connectivity index (χ0) is 20.2. The van der Waals surface area contributed by atoms with E-state index in [9.17, 15) is 4.79 Å². The van der Waals surface area contributed by atoms with E-state index < -0.39 is 0 Å². The number of aromatic nitrogens is 3. The average Bonchev–Trinajstić information content (AvgIpc) is 3.36. The number of fused-ring (bicyclic) bond motifs is 1. The van der Waals surface area contributed by atoms with Crippen molar-refractivity contribution in [2.75, 3.05) is 38.6 Å². The third-order valence-electron chi connectivity index (χ3n) is 5.51. The number of carbonyl (C=O) groups is 1. The highest BCUT2D eigenvalue weighted by Gasteiger charge is 2.28. The number of rotatable bonds is 7. The molecular formula is C22H28N6O. The third kappa shape index (κ3) is 4.56. The van der Waals surface area contributed by atoms with Crippen molar-refractivity contribution in [3.63, 3.8) is 0 Å². The van der Waals surface area contributed by atoms with Crippen molar-refractivity contribution in [3.05, 3.63) is 54.0 Å². The molecule has 2 N–H and O–H groups in total. The van der Waals surface area contributed by atoms with Gasteiger partial charge in [0.1, 0.15) is 0 Å². The molecule has 3 heterocycles. The van der Waals surface area contributed by atoms with Crippen molar-refractivity contribution in [3.8, 4) is 0 Å². The van der Waals surface area contributed by atoms with Crippen LogP contribution in [-0.4, -0.2) is 59.5 Å². The summed E-state index contributed by atoms with van der Waals surface area (Å²) in [6.07, 6.45) is 7.52. The first kappa shape index (κ1) is 19.4. The topological polar surface area (TPSA) is 77.2 Å². The number of H-pyrrole nitrogens is 1. The molecule has 0 saturated carbocycles. The number of nitrogens with one attached hydrogen (secondary N) is 2. The second-order valence-corrected chi connectivity index (χ2v) is 7.91. The SMILES string of the molecule is CN(C)c1ncc(CN2CC[C@@H](C(=O)NCCc3c[nH]c4ccccc34)C2)cn1. The van der Waals surface area contributed by atoms with Crippen LogP contribution in [-0.2, 0) is 17.8 Å². The number of carbonyl (C=O) groups excluding carboxylic acids is 1. The maximum Gasteiger partial charge on any atom is 0.224 e. The van der Waals surface area contributed by atoms with Gasteiger partial charge in [-0.15, -0.1) is 0 Å². The summed E-state index contributed by atoms with van der Waals surface area (Å²) in [7, 11) is 3.86. The Bertz CT molecular complexity index is 965. The average molecular weight is 393 g/mol. The molecule has 1 aliphatic heterocycles. The highest BCUT2D eigenvalue weighted by atomic mass is 16.1. The predicted molar refractivity (Wildman–Crippen MR) is 115 cm³/mol. The van der Waals surface area contributed by atoms with E-state index in [-0.39, 0.29) is 11.8 Å². The Morgan fingerprint density at radius 2 is 2.07 bits per heavy atom. The van der Waals surface area contributed by atoms with Gasteiger partial charge in [-0.3, -0.25) is 9.69 Å². The molecule has 1 amide bonds. The van der Waals surface area contributed by atoms with Gasteiger partial charge >= 0.3 is 0 Å². The molecule has 1 aliphatic rings. The Kier molecular flexibility index (Phi) is 5.76. The number of anilines is 1. The summed E-state index contributed by atoms with van der Waals surface area (Å²) in [6.45, 7) is 3.16. The second-order valence-electron chi connectivity index (χ2n) is 7.91. The van der Waals surface area contributed by atoms with E-state index in [2.05, 4.69) is 37.3 Å². The molecule has 7 nitrogen and oxygen atoms in total. The molecule has 0 bridgehead atoms. The van der Waals surface area contributed by atoms with E-state index >= 15 is 0 Å². The van der Waals surface area contributed by atoms with Gasteiger partial charge in [-0.05, 0) is 31.0 Å². The first-order valence-electron chi connectivity index (χ1n) is 10.1. The van der Waals surface area contributed by atoms with Gasteiger partial charge in [0.05, 0.1) is 5.92 Å². The van der Waals surface area contributed by atoms with Crippen LogP contribution in [0, 0.1) is 5.92 Å². The van der Waals surface area contributed by atoms with Gasteiger partial charge in [0.25, 0.3) is 0 Å². The zero-order valence-electron chi connectivity index (χ0n) is 17.1. The van der Waals surface area contributed by atoms with Crippen LogP contribution in [0.4, 0.5) is 5.95 Å². The maximum atomic E-state index is 12.6. The van der Waals surface area contributed by atoms with Crippen molar-refractivity contribution in [1.82, 2.24) is 25.2 Å². The summed E-state index contributed by atoms with van der Waals surface area (Å²) in [4.78, 5) is 28.8. The molecular weight excluding hydrogens is 364 g/mol. The van der Waals surface area contributed by atoms with Crippen LogP contribution in [0.3, 0.4) is 0 Å². The number of benzene rings is 1. The molecule has 1 saturated heterocycles. The van der Waals surface area contributed by atoms with Crippen molar-refractivity contribution < 1.29 is 4.79 Å². The standard InChI is InChI=1S/C22H28N6O/c1-27(2)22-25-11-16(12-26-22)14-28-10-8-18(15-28)21(29)23-9-7-17-13-24-20-6-4-3-5-19(17)20/h3-6,11-13,18,24H,7-10,14-15H2,1-2H3,(H,23,29)/t18-/m1/s1. The number of aromatic amines is 1. The first-order valence-corrected chi connectivity index (χ1v) is 10.1. The molecule has 0 radical (unpaired) electrons. The molecule has 152 valence electrons. The van der Waals surface area contributed by atoms with Crippen LogP contribution in [0.25, 0.3) is 10.9 Å². The fourth-order valence-corrected chi connectivity index (χ4v) is 3.91. The number of nitrogens with zero attached hydrogens (tertiary/aromatic N) is 4. The fraction of sp³-hybridized carbons (Fsp3) is 0.409. The number of para-hydroxylation sites is 1. The molecule has 1 aromatic carbocycles. The number of hydrogen-bond donors (Lipinski definition) is 2. The monoisotopic (exact) mass is 392 g/mol. The summed E-state index contributed by atoms with van der Waals surface area (Å²) in [5, 5.41) is 4.35. The Morgan fingerprint density at radius 1 is 1.28 bits per heavy atom. The Balaban J connectivity index is 1.24. The van der Waals surface area contributed by atoms with Crippen molar-refractivity contribution in [1.29, 1.82) is 0 Å². The molecule has 4 rings (SSSR count). The van der Waals surface area contributed by atoms with Gasteiger partial charge < -0.3 is 15.2 Å². The molecule has 1 atom stereocenters. The fourth-order valence-electron chi connectivity index (χ4n) is 3.91. The Hall–Kier alpha value is -2.93. The zero-order valence-corrected chi connectivity index (χ0v) is 17.1. The first-order chi connectivity index (χ1) is 14.1. The quantitative estimate of drug-likeness (QED) is 0.645. The van der Waals surface area contributed by atoms with E-state index in [1.165, 1.54) is 10.9 Å². The van der Waals surface area contributed by atoms with Gasteiger partial charge in [0.15, 0.2) is 0 Å². The molecule has 0 unspecified atom stereocenters. The minimum Gasteiger partial charge on any atom is -0.361 e. The van der Waals surface area contributed by atoms with E-state index in [1.807, 2.05) is 49.7 Å². The van der Waals surface area contributed by atoms with Crippen LogP contribution in [0.1, 0.15) is 17.5 Å². The second kappa shape index (κ2) is 8.61. The summed E-state index contributed by atoms with van der Waals surface area (Å²) in [6, 6.07) is 8.26. The van der Waals surface area contributed by atoms with Crippen molar-refractivity contribution in [2.24, 2.45) is 5.92 Å². The largest absolute Gasteiger partial charge is 0.361 e. The Labute approximate surface area is 171 Å². The van der Waals surface area contributed by atoms with Crippen LogP contribution >= 0.6 is 0 Å². The lowest BCUT2D eigenvalue weighted by molar-refractivity contribution is -0.124. The number of likely N-dealkylation sites (tertiary alicyclic amines) is 1. The lowest BCUT2D eigenvalue weighted by Gasteiger charge is -2.16. The van der Waals surface area contributed by atoms with Crippen molar-refractivity contribution >= 4 is 22.8 Å². The van der Waals surface area contributed by atoms with E-state index in [4.69, 9.17) is 0 Å². The highest BCUT2D eigenvalue weighted by Crippen LogP contribution is 2.20. The summed E-state index contributed by atoms with van der Waals surface area (Å²) < 4.78 is 0. The molecule has 7 heteroatoms. The van der Waals surface area contributed by atoms with Crippen molar-refractivity contribution in [2.45, 2.75) is 19.4 Å². The molecule has 2 aromatic heterocycles.